The van der Waals surface area contributed by atoms with Crippen LogP contribution in [0.15, 0.2) is 0 Å². The first kappa shape index (κ1) is 11.3. The number of carbonyl (C=O) groups is 1. The van der Waals surface area contributed by atoms with E-state index in [9.17, 15) is 4.79 Å². The number of hydrogen-bond donors (Lipinski definition) is 6. The summed E-state index contributed by atoms with van der Waals surface area (Å²) >= 11 is 0. The number of nitrogens with two attached hydrogens (primary N) is 1. The van der Waals surface area contributed by atoms with E-state index in [2.05, 4.69) is 0 Å². The zero-order valence-electron chi connectivity index (χ0n) is 6.03. The normalized spacial score (nSPS) is 21.1. The van der Waals surface area contributed by atoms with Crippen LogP contribution in [0.25, 0.3) is 0 Å². The van der Waals surface area contributed by atoms with E-state index in [0.29, 0.717) is 0 Å². The second-order valence-corrected chi connectivity index (χ2v) is 2.25. The maximum absolute atomic E-state index is 10.0. The predicted octanol–water partition coefficient (Wildman–Crippen LogP) is -3.57. The predicted molar refractivity (Wildman–Crippen MR) is 35.9 cm³/mol. The molecule has 0 aliphatic carbocycles. The Kier molecular flexibility index (Phi) is 4.07. The minimum atomic E-state index is -2.17. The summed E-state index contributed by atoms with van der Waals surface area (Å²) in [5, 5.41) is 42.8. The van der Waals surface area contributed by atoms with Crippen molar-refractivity contribution in [2.75, 3.05) is 0 Å². The summed E-state index contributed by atoms with van der Waals surface area (Å²) in [6.45, 7) is 0. The molecular formula is C5H11NO6. The van der Waals surface area contributed by atoms with Crippen LogP contribution in [0.5, 0.6) is 0 Å². The Morgan fingerprint density at radius 1 is 1.08 bits per heavy atom. The number of rotatable bonds is 4. The molecule has 0 spiro atoms. The van der Waals surface area contributed by atoms with Gasteiger partial charge in [0, 0.05) is 0 Å². The molecule has 0 radical (unpaired) electrons. The average molecular weight is 181 g/mol. The fraction of sp³-hybridized carbons (Fsp3) is 0.800. The zero-order valence-corrected chi connectivity index (χ0v) is 6.03. The lowest BCUT2D eigenvalue weighted by Gasteiger charge is -2.21. The number of aliphatic carboxylic acids is 1. The fourth-order valence-corrected chi connectivity index (χ4v) is 0.535. The highest BCUT2D eigenvalue weighted by molar-refractivity contribution is 5.72. The molecule has 0 aliphatic heterocycles. The van der Waals surface area contributed by atoms with E-state index >= 15 is 0 Å². The summed E-state index contributed by atoms with van der Waals surface area (Å²) in [6.07, 6.45) is -7.87. The van der Waals surface area contributed by atoms with E-state index in [1.54, 1.807) is 0 Å². The van der Waals surface area contributed by atoms with Crippen molar-refractivity contribution in [3.63, 3.8) is 0 Å². The van der Waals surface area contributed by atoms with Gasteiger partial charge in [-0.2, -0.15) is 0 Å². The van der Waals surface area contributed by atoms with Crippen molar-refractivity contribution in [1.29, 1.82) is 0 Å². The van der Waals surface area contributed by atoms with Crippen LogP contribution < -0.4 is 5.73 Å². The minimum Gasteiger partial charge on any atom is -0.479 e. The monoisotopic (exact) mass is 181 g/mol. The van der Waals surface area contributed by atoms with E-state index in [1.165, 1.54) is 0 Å². The molecule has 0 saturated heterocycles. The molecule has 7 N–H and O–H groups in total. The molecule has 7 nitrogen and oxygen atoms in total. The maximum atomic E-state index is 10.0. The summed E-state index contributed by atoms with van der Waals surface area (Å²) < 4.78 is 0. The van der Waals surface area contributed by atoms with Crippen LogP contribution in [0.3, 0.4) is 0 Å². The molecule has 7 heteroatoms. The minimum absolute atomic E-state index is 1.71. The quantitative estimate of drug-likeness (QED) is 0.246. The molecule has 0 saturated carbocycles. The van der Waals surface area contributed by atoms with Gasteiger partial charge in [-0.1, -0.05) is 0 Å². The second kappa shape index (κ2) is 4.33. The third-order valence-corrected chi connectivity index (χ3v) is 1.28. The first-order chi connectivity index (χ1) is 5.37. The summed E-state index contributed by atoms with van der Waals surface area (Å²) in [5.41, 5.74) is 4.72. The fourth-order valence-electron chi connectivity index (χ4n) is 0.535. The van der Waals surface area contributed by atoms with E-state index in [0.717, 1.165) is 0 Å². The standard InChI is InChI=1S/C5H11NO6/c6-4(10)2(8)1(7)3(9)5(11)12/h1-4,7-10H,6H2,(H,11,12). The molecular weight excluding hydrogens is 170 g/mol. The first-order valence-corrected chi connectivity index (χ1v) is 3.08. The topological polar surface area (TPSA) is 144 Å². The number of aliphatic hydroxyl groups is 4. The van der Waals surface area contributed by atoms with E-state index in [4.69, 9.17) is 31.3 Å². The van der Waals surface area contributed by atoms with Gasteiger partial charge in [0.05, 0.1) is 0 Å². The second-order valence-electron chi connectivity index (χ2n) is 2.25. The molecule has 12 heavy (non-hydrogen) atoms. The Labute approximate surface area is 67.7 Å². The van der Waals surface area contributed by atoms with Crippen molar-refractivity contribution in [3.8, 4) is 0 Å². The van der Waals surface area contributed by atoms with E-state index in [1.807, 2.05) is 0 Å². The van der Waals surface area contributed by atoms with E-state index in [-0.39, 0.29) is 0 Å². The Morgan fingerprint density at radius 3 is 1.75 bits per heavy atom. The smallest absolute Gasteiger partial charge is 0.335 e. The van der Waals surface area contributed by atoms with Crippen LogP contribution in [0.2, 0.25) is 0 Å². The summed E-state index contributed by atoms with van der Waals surface area (Å²) in [6, 6.07) is 0. The van der Waals surface area contributed by atoms with Crippen molar-refractivity contribution >= 4 is 5.97 Å². The number of aliphatic hydroxyl groups excluding tert-OH is 4. The first-order valence-electron chi connectivity index (χ1n) is 3.08. The molecule has 4 atom stereocenters. The Balaban J connectivity index is 4.18. The van der Waals surface area contributed by atoms with Gasteiger partial charge in [-0.15, -0.1) is 0 Å². The van der Waals surface area contributed by atoms with Gasteiger partial charge in [-0.05, 0) is 0 Å². The van der Waals surface area contributed by atoms with Gasteiger partial charge >= 0.3 is 5.97 Å². The molecule has 0 aromatic rings. The van der Waals surface area contributed by atoms with Crippen molar-refractivity contribution in [2.24, 2.45) is 5.73 Å². The van der Waals surface area contributed by atoms with Gasteiger partial charge in [0.25, 0.3) is 0 Å². The maximum Gasteiger partial charge on any atom is 0.335 e. The SMILES string of the molecule is NC(O)C(O)C(O)C(O)C(=O)O. The molecule has 0 aromatic carbocycles. The van der Waals surface area contributed by atoms with Crippen molar-refractivity contribution in [3.05, 3.63) is 0 Å². The largest absolute Gasteiger partial charge is 0.479 e. The van der Waals surface area contributed by atoms with Crippen LogP contribution in [0.4, 0.5) is 0 Å². The van der Waals surface area contributed by atoms with Crippen molar-refractivity contribution in [1.82, 2.24) is 0 Å². The molecule has 0 rings (SSSR count). The molecule has 0 fully saturated rings. The van der Waals surface area contributed by atoms with Gasteiger partial charge in [0.15, 0.2) is 6.10 Å². The van der Waals surface area contributed by atoms with Crippen LogP contribution >= 0.6 is 0 Å². The number of carboxylic acid groups (broad SMARTS) is 1. The molecule has 0 heterocycles. The van der Waals surface area contributed by atoms with Crippen LogP contribution in [0, 0.1) is 0 Å². The lowest BCUT2D eigenvalue weighted by atomic mass is 10.1. The Hall–Kier alpha value is -0.730. The average Bonchev–Trinajstić information content (AvgIpc) is 2.00. The number of hydrogen-bond acceptors (Lipinski definition) is 6. The van der Waals surface area contributed by atoms with Crippen LogP contribution in [0.1, 0.15) is 0 Å². The molecule has 72 valence electrons. The van der Waals surface area contributed by atoms with Gasteiger partial charge in [-0.25, -0.2) is 4.79 Å². The Bertz CT molecular complexity index is 160. The van der Waals surface area contributed by atoms with Gasteiger partial charge in [0.1, 0.15) is 18.4 Å². The lowest BCUT2D eigenvalue weighted by Crippen LogP contribution is -2.50. The third-order valence-electron chi connectivity index (χ3n) is 1.28. The van der Waals surface area contributed by atoms with E-state index < -0.39 is 30.5 Å². The Morgan fingerprint density at radius 2 is 1.50 bits per heavy atom. The highest BCUT2D eigenvalue weighted by Gasteiger charge is 2.32. The zero-order chi connectivity index (χ0) is 9.89. The number of carboxylic acids is 1. The van der Waals surface area contributed by atoms with Crippen molar-refractivity contribution in [2.45, 2.75) is 24.5 Å². The van der Waals surface area contributed by atoms with Gasteiger partial charge < -0.3 is 31.3 Å². The van der Waals surface area contributed by atoms with Crippen molar-refractivity contribution < 1.29 is 30.3 Å². The molecule has 0 aliphatic rings. The van der Waals surface area contributed by atoms with Crippen LogP contribution in [-0.2, 0) is 4.79 Å². The van der Waals surface area contributed by atoms with Gasteiger partial charge in [-0.3, -0.25) is 0 Å². The summed E-state index contributed by atoms with van der Waals surface area (Å²) in [7, 11) is 0. The summed E-state index contributed by atoms with van der Waals surface area (Å²) in [4.78, 5) is 10.0. The molecule has 4 unspecified atom stereocenters. The van der Waals surface area contributed by atoms with Crippen LogP contribution in [-0.4, -0.2) is 56.0 Å². The molecule has 0 bridgehead atoms. The molecule has 0 amide bonds. The summed E-state index contributed by atoms with van der Waals surface area (Å²) in [5.74, 6) is -1.71. The highest BCUT2D eigenvalue weighted by Crippen LogP contribution is 2.01. The molecule has 0 aromatic heterocycles. The highest BCUT2D eigenvalue weighted by atomic mass is 16.4. The third kappa shape index (κ3) is 2.72. The lowest BCUT2D eigenvalue weighted by molar-refractivity contribution is -0.162. The van der Waals surface area contributed by atoms with Gasteiger partial charge in [0.2, 0.25) is 0 Å².